The number of thioether (sulfide) groups is 1. The van der Waals surface area contributed by atoms with Crippen LogP contribution in [0.15, 0.2) is 0 Å². The summed E-state index contributed by atoms with van der Waals surface area (Å²) in [5.74, 6) is 2.52. The highest BCUT2D eigenvalue weighted by Gasteiger charge is 2.24. The number of nitrogens with zero attached hydrogens (tertiary/aromatic N) is 1. The number of hydrogen-bond acceptors (Lipinski definition) is 3. The highest BCUT2D eigenvalue weighted by Crippen LogP contribution is 2.21. The molecule has 1 heterocycles. The monoisotopic (exact) mass is 231 g/mol. The van der Waals surface area contributed by atoms with Gasteiger partial charge in [-0.1, -0.05) is 6.92 Å². The van der Waals surface area contributed by atoms with E-state index in [0.717, 1.165) is 6.42 Å². The molecule has 0 radical (unpaired) electrons. The molecular weight excluding hydrogens is 206 g/mol. The average Bonchev–Trinajstić information content (AvgIpc) is 2.59. The first-order valence-corrected chi connectivity index (χ1v) is 7.39. The highest BCUT2D eigenvalue weighted by atomic mass is 32.2. The van der Waals surface area contributed by atoms with Crippen molar-refractivity contribution in [3.8, 4) is 0 Å². The van der Waals surface area contributed by atoms with Crippen molar-refractivity contribution >= 4 is 11.8 Å². The van der Waals surface area contributed by atoms with Gasteiger partial charge in [0.1, 0.15) is 0 Å². The van der Waals surface area contributed by atoms with E-state index in [-0.39, 0.29) is 6.10 Å². The minimum atomic E-state index is -0.138. The van der Waals surface area contributed by atoms with Crippen molar-refractivity contribution in [3.05, 3.63) is 0 Å². The Kier molecular flexibility index (Phi) is 6.69. The van der Waals surface area contributed by atoms with E-state index in [1.54, 1.807) is 0 Å². The van der Waals surface area contributed by atoms with Crippen molar-refractivity contribution in [1.29, 1.82) is 0 Å². The number of hydrogen-bond donors (Lipinski definition) is 1. The number of rotatable bonds is 7. The molecule has 0 aromatic carbocycles. The molecule has 2 unspecified atom stereocenters. The summed E-state index contributed by atoms with van der Waals surface area (Å²) >= 11 is 2.03. The van der Waals surface area contributed by atoms with E-state index in [4.69, 9.17) is 0 Å². The fourth-order valence-corrected chi connectivity index (χ4v) is 2.99. The molecule has 0 saturated carbocycles. The Bertz CT molecular complexity index is 164. The molecule has 1 aliphatic rings. The molecule has 0 spiro atoms. The summed E-state index contributed by atoms with van der Waals surface area (Å²) in [4.78, 5) is 2.57. The van der Waals surface area contributed by atoms with Crippen LogP contribution >= 0.6 is 11.8 Å². The summed E-state index contributed by atoms with van der Waals surface area (Å²) in [5, 5.41) is 9.41. The number of likely N-dealkylation sites (tertiary alicyclic amines) is 1. The maximum atomic E-state index is 9.41. The second-order valence-corrected chi connectivity index (χ2v) is 5.86. The topological polar surface area (TPSA) is 23.5 Å². The molecule has 1 aliphatic heterocycles. The first kappa shape index (κ1) is 13.3. The summed E-state index contributed by atoms with van der Waals surface area (Å²) in [7, 11) is 0. The second-order valence-electron chi connectivity index (χ2n) is 4.47. The second kappa shape index (κ2) is 7.53. The lowest BCUT2D eigenvalue weighted by molar-refractivity contribution is 0.134. The minimum Gasteiger partial charge on any atom is -0.393 e. The Morgan fingerprint density at radius 1 is 1.53 bits per heavy atom. The van der Waals surface area contributed by atoms with Crippen molar-refractivity contribution < 1.29 is 5.11 Å². The van der Waals surface area contributed by atoms with Gasteiger partial charge in [0.15, 0.2) is 0 Å². The molecule has 15 heavy (non-hydrogen) atoms. The number of aliphatic hydroxyl groups is 1. The highest BCUT2D eigenvalue weighted by molar-refractivity contribution is 7.99. The molecule has 1 N–H and O–H groups in total. The van der Waals surface area contributed by atoms with Crippen molar-refractivity contribution in [2.24, 2.45) is 0 Å². The summed E-state index contributed by atoms with van der Waals surface area (Å²) in [6, 6.07) is 0.650. The molecule has 1 saturated heterocycles. The fraction of sp³-hybridized carbons (Fsp3) is 1.00. The smallest absolute Gasteiger partial charge is 0.0527 e. The van der Waals surface area contributed by atoms with Crippen LogP contribution in [0.3, 0.4) is 0 Å². The summed E-state index contributed by atoms with van der Waals surface area (Å²) in [6.07, 6.45) is 4.72. The first-order chi connectivity index (χ1) is 7.24. The molecule has 0 aromatic rings. The lowest BCUT2D eigenvalue weighted by atomic mass is 10.1. The predicted molar refractivity (Wildman–Crippen MR) is 68.5 cm³/mol. The summed E-state index contributed by atoms with van der Waals surface area (Å²) in [5.41, 5.74) is 0. The fourth-order valence-electron chi connectivity index (χ4n) is 2.36. The van der Waals surface area contributed by atoms with Crippen molar-refractivity contribution in [2.45, 2.75) is 51.7 Å². The average molecular weight is 231 g/mol. The zero-order chi connectivity index (χ0) is 11.1. The molecule has 3 heteroatoms. The minimum absolute atomic E-state index is 0.138. The van der Waals surface area contributed by atoms with Crippen LogP contribution in [-0.4, -0.2) is 46.7 Å². The van der Waals surface area contributed by atoms with Gasteiger partial charge in [-0.05, 0) is 57.2 Å². The summed E-state index contributed by atoms with van der Waals surface area (Å²) in [6.45, 7) is 6.60. The lowest BCUT2D eigenvalue weighted by Crippen LogP contribution is -2.32. The van der Waals surface area contributed by atoms with Gasteiger partial charge in [0.2, 0.25) is 0 Å². The van der Waals surface area contributed by atoms with Crippen LogP contribution in [0.1, 0.15) is 39.5 Å². The van der Waals surface area contributed by atoms with E-state index in [1.807, 2.05) is 18.7 Å². The summed E-state index contributed by atoms with van der Waals surface area (Å²) < 4.78 is 0. The van der Waals surface area contributed by atoms with Crippen LogP contribution in [0.5, 0.6) is 0 Å². The maximum absolute atomic E-state index is 9.41. The van der Waals surface area contributed by atoms with E-state index in [1.165, 1.54) is 43.9 Å². The van der Waals surface area contributed by atoms with Gasteiger partial charge in [0.05, 0.1) is 6.10 Å². The molecule has 1 rings (SSSR count). The SMILES string of the molecule is CCSCCCN1CCCC1CC(C)O. The van der Waals surface area contributed by atoms with Gasteiger partial charge < -0.3 is 10.0 Å². The Morgan fingerprint density at radius 3 is 3.00 bits per heavy atom. The third-order valence-electron chi connectivity index (χ3n) is 3.05. The standard InChI is InChI=1S/C12H25NOS/c1-3-15-9-5-8-13-7-4-6-12(13)10-11(2)14/h11-12,14H,3-10H2,1-2H3. The van der Waals surface area contributed by atoms with E-state index in [0.29, 0.717) is 6.04 Å². The molecule has 0 aromatic heterocycles. The van der Waals surface area contributed by atoms with Crippen molar-refractivity contribution in [3.63, 3.8) is 0 Å². The Hall–Kier alpha value is 0.270. The van der Waals surface area contributed by atoms with Crippen molar-refractivity contribution in [2.75, 3.05) is 24.6 Å². The van der Waals surface area contributed by atoms with Crippen LogP contribution in [0.25, 0.3) is 0 Å². The quantitative estimate of drug-likeness (QED) is 0.681. The first-order valence-electron chi connectivity index (χ1n) is 6.24. The van der Waals surface area contributed by atoms with E-state index >= 15 is 0 Å². The Morgan fingerprint density at radius 2 is 2.33 bits per heavy atom. The molecular formula is C12H25NOS. The predicted octanol–water partition coefficient (Wildman–Crippen LogP) is 2.36. The van der Waals surface area contributed by atoms with Crippen LogP contribution in [0.4, 0.5) is 0 Å². The van der Waals surface area contributed by atoms with Gasteiger partial charge in [-0.15, -0.1) is 0 Å². The zero-order valence-corrected chi connectivity index (χ0v) is 10.9. The molecule has 1 fully saturated rings. The third-order valence-corrected chi connectivity index (χ3v) is 4.04. The maximum Gasteiger partial charge on any atom is 0.0527 e. The zero-order valence-electron chi connectivity index (χ0n) is 10.1. The Labute approximate surface area is 98.4 Å². The molecule has 0 aliphatic carbocycles. The Balaban J connectivity index is 2.15. The normalized spacial score (nSPS) is 24.6. The van der Waals surface area contributed by atoms with Crippen LogP contribution in [0, 0.1) is 0 Å². The van der Waals surface area contributed by atoms with Crippen molar-refractivity contribution in [1.82, 2.24) is 4.90 Å². The lowest BCUT2D eigenvalue weighted by Gasteiger charge is -2.25. The van der Waals surface area contributed by atoms with Gasteiger partial charge in [-0.2, -0.15) is 11.8 Å². The van der Waals surface area contributed by atoms with Gasteiger partial charge in [-0.25, -0.2) is 0 Å². The molecule has 90 valence electrons. The van der Waals surface area contributed by atoms with Gasteiger partial charge in [0.25, 0.3) is 0 Å². The van der Waals surface area contributed by atoms with E-state index in [2.05, 4.69) is 11.8 Å². The van der Waals surface area contributed by atoms with Gasteiger partial charge >= 0.3 is 0 Å². The van der Waals surface area contributed by atoms with Crippen LogP contribution in [-0.2, 0) is 0 Å². The molecule has 0 amide bonds. The van der Waals surface area contributed by atoms with Gasteiger partial charge in [0, 0.05) is 6.04 Å². The third kappa shape index (κ3) is 5.23. The molecule has 2 atom stereocenters. The van der Waals surface area contributed by atoms with Gasteiger partial charge in [-0.3, -0.25) is 0 Å². The van der Waals surface area contributed by atoms with Crippen LogP contribution < -0.4 is 0 Å². The van der Waals surface area contributed by atoms with Crippen LogP contribution in [0.2, 0.25) is 0 Å². The largest absolute Gasteiger partial charge is 0.393 e. The van der Waals surface area contributed by atoms with E-state index in [9.17, 15) is 5.11 Å². The van der Waals surface area contributed by atoms with E-state index < -0.39 is 0 Å². The number of aliphatic hydroxyl groups excluding tert-OH is 1. The molecule has 2 nitrogen and oxygen atoms in total. The molecule has 0 bridgehead atoms.